The Morgan fingerprint density at radius 3 is 2.33 bits per heavy atom. The minimum atomic E-state index is -1.46. The lowest BCUT2D eigenvalue weighted by Gasteiger charge is -2.32. The van der Waals surface area contributed by atoms with Crippen LogP contribution in [0.3, 0.4) is 0 Å². The van der Waals surface area contributed by atoms with Crippen LogP contribution in [0.1, 0.15) is 25.7 Å². The van der Waals surface area contributed by atoms with Crippen LogP contribution < -0.4 is 0 Å². The molecule has 3 unspecified atom stereocenters. The summed E-state index contributed by atoms with van der Waals surface area (Å²) >= 11 is 0. The molecule has 98 valence electrons. The second kappa shape index (κ2) is 3.78. The lowest BCUT2D eigenvalue weighted by Crippen LogP contribution is -2.58. The van der Waals surface area contributed by atoms with Gasteiger partial charge in [0.25, 0.3) is 0 Å². The van der Waals surface area contributed by atoms with Gasteiger partial charge in [0.05, 0.1) is 18.4 Å². The summed E-state index contributed by atoms with van der Waals surface area (Å²) in [5.74, 6) is -2.35. The molecule has 18 heavy (non-hydrogen) atoms. The molecule has 2 aliphatic heterocycles. The SMILES string of the molecule is O=C1C2CCCC2C(=O)N1C1(C(=O)O)CCOC1. The summed E-state index contributed by atoms with van der Waals surface area (Å²) < 4.78 is 5.13. The van der Waals surface area contributed by atoms with Crippen molar-refractivity contribution in [3.05, 3.63) is 0 Å². The van der Waals surface area contributed by atoms with Crippen molar-refractivity contribution in [2.24, 2.45) is 11.8 Å². The molecule has 1 saturated carbocycles. The number of imide groups is 1. The van der Waals surface area contributed by atoms with Crippen LogP contribution in [0, 0.1) is 11.8 Å². The number of carbonyl (C=O) groups is 3. The molecule has 0 radical (unpaired) electrons. The van der Waals surface area contributed by atoms with Gasteiger partial charge in [-0.05, 0) is 12.8 Å². The van der Waals surface area contributed by atoms with Crippen LogP contribution in [0.2, 0.25) is 0 Å². The highest BCUT2D eigenvalue weighted by molar-refractivity contribution is 6.09. The summed E-state index contributed by atoms with van der Waals surface area (Å²) in [5, 5.41) is 9.40. The van der Waals surface area contributed by atoms with Crippen molar-refractivity contribution in [3.8, 4) is 0 Å². The Labute approximate surface area is 104 Å². The van der Waals surface area contributed by atoms with E-state index in [0.717, 1.165) is 11.3 Å². The van der Waals surface area contributed by atoms with E-state index in [0.29, 0.717) is 12.8 Å². The molecule has 3 rings (SSSR count). The zero-order valence-electron chi connectivity index (χ0n) is 9.92. The number of ether oxygens (including phenoxy) is 1. The first-order valence-electron chi connectivity index (χ1n) is 6.27. The second-order valence-corrected chi connectivity index (χ2v) is 5.30. The predicted molar refractivity (Wildman–Crippen MR) is 58.5 cm³/mol. The molecule has 2 amide bonds. The maximum absolute atomic E-state index is 12.3. The molecule has 2 heterocycles. The van der Waals surface area contributed by atoms with E-state index in [1.807, 2.05) is 0 Å². The Balaban J connectivity index is 1.99. The molecule has 2 saturated heterocycles. The zero-order chi connectivity index (χ0) is 12.9. The van der Waals surface area contributed by atoms with Gasteiger partial charge in [-0.1, -0.05) is 6.42 Å². The molecule has 0 aromatic heterocycles. The summed E-state index contributed by atoms with van der Waals surface area (Å²) in [6, 6.07) is 0. The van der Waals surface area contributed by atoms with Gasteiger partial charge in [0.1, 0.15) is 0 Å². The molecule has 6 nitrogen and oxygen atoms in total. The summed E-state index contributed by atoms with van der Waals surface area (Å²) in [6.45, 7) is 0.192. The third-order valence-corrected chi connectivity index (χ3v) is 4.42. The van der Waals surface area contributed by atoms with Crippen molar-refractivity contribution in [2.45, 2.75) is 31.2 Å². The van der Waals surface area contributed by atoms with Crippen LogP contribution in [0.4, 0.5) is 0 Å². The Hall–Kier alpha value is -1.43. The highest BCUT2D eigenvalue weighted by Crippen LogP contribution is 2.44. The van der Waals surface area contributed by atoms with Gasteiger partial charge in [-0.25, -0.2) is 4.79 Å². The van der Waals surface area contributed by atoms with Crippen molar-refractivity contribution < 1.29 is 24.2 Å². The molecule has 0 aromatic carbocycles. The second-order valence-electron chi connectivity index (χ2n) is 5.30. The predicted octanol–water partition coefficient (Wildman–Crippen LogP) is 0.0152. The average molecular weight is 253 g/mol. The first-order valence-corrected chi connectivity index (χ1v) is 6.27. The molecule has 6 heteroatoms. The highest BCUT2D eigenvalue weighted by atomic mass is 16.5. The van der Waals surface area contributed by atoms with E-state index in [2.05, 4.69) is 0 Å². The van der Waals surface area contributed by atoms with Crippen LogP contribution in [-0.2, 0) is 19.1 Å². The van der Waals surface area contributed by atoms with Gasteiger partial charge in [0.2, 0.25) is 11.8 Å². The van der Waals surface area contributed by atoms with E-state index in [4.69, 9.17) is 4.74 Å². The fourth-order valence-corrected chi connectivity index (χ4v) is 3.41. The fourth-order valence-electron chi connectivity index (χ4n) is 3.41. The number of nitrogens with zero attached hydrogens (tertiary/aromatic N) is 1. The molecule has 3 atom stereocenters. The van der Waals surface area contributed by atoms with Crippen LogP contribution in [0.15, 0.2) is 0 Å². The van der Waals surface area contributed by atoms with E-state index in [1.165, 1.54) is 0 Å². The smallest absolute Gasteiger partial charge is 0.332 e. The van der Waals surface area contributed by atoms with E-state index in [1.54, 1.807) is 0 Å². The van der Waals surface area contributed by atoms with E-state index >= 15 is 0 Å². The number of hydrogen-bond donors (Lipinski definition) is 1. The number of amides is 2. The summed E-state index contributed by atoms with van der Waals surface area (Å²) in [6.07, 6.45) is 2.46. The van der Waals surface area contributed by atoms with E-state index in [-0.39, 0.29) is 43.3 Å². The van der Waals surface area contributed by atoms with Gasteiger partial charge in [-0.2, -0.15) is 0 Å². The summed E-state index contributed by atoms with van der Waals surface area (Å²) in [4.78, 5) is 37.1. The fraction of sp³-hybridized carbons (Fsp3) is 0.750. The topological polar surface area (TPSA) is 83.9 Å². The number of hydrogen-bond acceptors (Lipinski definition) is 4. The molecular weight excluding hydrogens is 238 g/mol. The lowest BCUT2D eigenvalue weighted by atomic mass is 9.96. The number of rotatable bonds is 2. The number of aliphatic carboxylic acids is 1. The molecule has 1 N–H and O–H groups in total. The molecule has 0 spiro atoms. The highest BCUT2D eigenvalue weighted by Gasteiger charge is 2.60. The quantitative estimate of drug-likeness (QED) is 0.701. The standard InChI is InChI=1S/C12H15NO5/c14-9-7-2-1-3-8(7)10(15)13(9)12(11(16)17)4-5-18-6-12/h7-8H,1-6H2,(H,16,17). The van der Waals surface area contributed by atoms with Gasteiger partial charge in [0, 0.05) is 13.0 Å². The maximum atomic E-state index is 12.3. The number of carbonyl (C=O) groups excluding carboxylic acids is 2. The first-order chi connectivity index (χ1) is 8.58. The number of fused-ring (bicyclic) bond motifs is 1. The third-order valence-electron chi connectivity index (χ3n) is 4.42. The van der Waals surface area contributed by atoms with Gasteiger partial charge in [-0.15, -0.1) is 0 Å². The lowest BCUT2D eigenvalue weighted by molar-refractivity contribution is -0.164. The van der Waals surface area contributed by atoms with E-state index < -0.39 is 11.5 Å². The van der Waals surface area contributed by atoms with Crippen LogP contribution in [0.5, 0.6) is 0 Å². The Kier molecular flexibility index (Phi) is 2.45. The van der Waals surface area contributed by atoms with Gasteiger partial charge in [-0.3, -0.25) is 14.5 Å². The minimum Gasteiger partial charge on any atom is -0.479 e. The normalized spacial score (nSPS) is 39.4. The Bertz CT molecular complexity index is 404. The monoisotopic (exact) mass is 253 g/mol. The number of carboxylic acids is 1. The van der Waals surface area contributed by atoms with Crippen molar-refractivity contribution >= 4 is 17.8 Å². The Morgan fingerprint density at radius 1 is 1.28 bits per heavy atom. The van der Waals surface area contributed by atoms with Gasteiger partial charge >= 0.3 is 5.97 Å². The third kappa shape index (κ3) is 1.29. The first kappa shape index (κ1) is 11.6. The maximum Gasteiger partial charge on any atom is 0.332 e. The molecule has 0 aromatic rings. The van der Waals surface area contributed by atoms with Crippen molar-refractivity contribution in [2.75, 3.05) is 13.2 Å². The zero-order valence-corrected chi connectivity index (χ0v) is 9.92. The number of likely N-dealkylation sites (tertiary alicyclic amines) is 1. The summed E-state index contributed by atoms with van der Waals surface area (Å²) in [5.41, 5.74) is -1.46. The molecule has 3 fully saturated rings. The van der Waals surface area contributed by atoms with Crippen LogP contribution in [-0.4, -0.2) is 46.5 Å². The van der Waals surface area contributed by atoms with Crippen molar-refractivity contribution in [1.29, 1.82) is 0 Å². The van der Waals surface area contributed by atoms with Crippen molar-refractivity contribution in [1.82, 2.24) is 4.90 Å². The number of carboxylic acid groups (broad SMARTS) is 1. The van der Waals surface area contributed by atoms with Gasteiger partial charge in [0.15, 0.2) is 5.54 Å². The average Bonchev–Trinajstić information content (AvgIpc) is 3.00. The van der Waals surface area contributed by atoms with Crippen LogP contribution in [0.25, 0.3) is 0 Å². The van der Waals surface area contributed by atoms with E-state index in [9.17, 15) is 19.5 Å². The molecule has 3 aliphatic rings. The Morgan fingerprint density at radius 2 is 1.89 bits per heavy atom. The van der Waals surface area contributed by atoms with Crippen molar-refractivity contribution in [3.63, 3.8) is 0 Å². The summed E-state index contributed by atoms with van der Waals surface area (Å²) in [7, 11) is 0. The van der Waals surface area contributed by atoms with Gasteiger partial charge < -0.3 is 9.84 Å². The molecular formula is C12H15NO5. The minimum absolute atomic E-state index is 0.0841. The molecule has 1 aliphatic carbocycles. The molecule has 0 bridgehead atoms. The largest absolute Gasteiger partial charge is 0.479 e. The van der Waals surface area contributed by atoms with Crippen LogP contribution >= 0.6 is 0 Å².